The number of amides is 2. The first kappa shape index (κ1) is 18.2. The van der Waals surface area contributed by atoms with E-state index in [0.29, 0.717) is 17.0 Å². The molecule has 0 aliphatic carbocycles. The molecule has 0 bridgehead atoms. The molecule has 1 unspecified atom stereocenters. The minimum absolute atomic E-state index is 0.159. The highest BCUT2D eigenvalue weighted by molar-refractivity contribution is 8.16. The van der Waals surface area contributed by atoms with Gasteiger partial charge in [-0.15, -0.1) is 23.5 Å². The fourth-order valence-corrected chi connectivity index (χ4v) is 5.55. The number of nitrogens with one attached hydrogen (secondary N) is 2. The molecule has 1 aromatic heterocycles. The Morgan fingerprint density at radius 3 is 2.96 bits per heavy atom. The third kappa shape index (κ3) is 5.71. The Kier molecular flexibility index (Phi) is 6.69. The van der Waals surface area contributed by atoms with Gasteiger partial charge in [0.15, 0.2) is 0 Å². The molecule has 1 saturated heterocycles. The topological polar surface area (TPSA) is 59.0 Å². The number of anilines is 1. The van der Waals surface area contributed by atoms with Gasteiger partial charge in [-0.05, 0) is 47.6 Å². The lowest BCUT2D eigenvalue weighted by Gasteiger charge is -2.21. The third-order valence-electron chi connectivity index (χ3n) is 3.91. The average Bonchev–Trinajstić information content (AvgIpc) is 3.14. The van der Waals surface area contributed by atoms with Crippen molar-refractivity contribution < 1.29 is 4.79 Å². The fraction of sp³-hybridized carbons (Fsp3) is 0.444. The van der Waals surface area contributed by atoms with Gasteiger partial charge in [0.25, 0.3) is 0 Å². The summed E-state index contributed by atoms with van der Waals surface area (Å²) in [6.07, 6.45) is 4.98. The summed E-state index contributed by atoms with van der Waals surface area (Å²) in [4.78, 5) is 12.2. The Morgan fingerprint density at radius 1 is 1.36 bits per heavy atom. The zero-order valence-corrected chi connectivity index (χ0v) is 16.0. The van der Waals surface area contributed by atoms with E-state index in [4.69, 9.17) is 0 Å². The molecule has 7 heteroatoms. The molecule has 1 aliphatic rings. The molecule has 3 rings (SSSR count). The van der Waals surface area contributed by atoms with Crippen molar-refractivity contribution in [3.8, 4) is 0 Å². The molecular formula is C18H24N4OS2. The molecule has 2 aromatic rings. The summed E-state index contributed by atoms with van der Waals surface area (Å²) in [5.41, 5.74) is 2.13. The molecule has 2 amide bonds. The average molecular weight is 377 g/mol. The van der Waals surface area contributed by atoms with Crippen LogP contribution in [-0.2, 0) is 6.54 Å². The van der Waals surface area contributed by atoms with Crippen LogP contribution in [-0.4, -0.2) is 33.9 Å². The first-order valence-corrected chi connectivity index (χ1v) is 10.7. The second-order valence-electron chi connectivity index (χ2n) is 6.22. The number of urea groups is 1. The quantitative estimate of drug-likeness (QED) is 0.793. The Balaban J connectivity index is 1.47. The lowest BCUT2D eigenvalue weighted by atomic mass is 10.2. The standard InChI is InChI=1S/C18H24N4OS2/c1-14(13-22-8-3-7-20-22)12-19-18(23)21-16-6-2-5-15(11-16)17-24-9-4-10-25-17/h2-3,5-8,11,14,17H,4,9-10,12-13H2,1H3,(H2,19,21,23). The van der Waals surface area contributed by atoms with Crippen LogP contribution in [0.4, 0.5) is 10.5 Å². The highest BCUT2D eigenvalue weighted by atomic mass is 32.2. The van der Waals surface area contributed by atoms with Gasteiger partial charge in [-0.2, -0.15) is 5.10 Å². The highest BCUT2D eigenvalue weighted by Crippen LogP contribution is 2.43. The van der Waals surface area contributed by atoms with E-state index >= 15 is 0 Å². The van der Waals surface area contributed by atoms with E-state index in [2.05, 4.69) is 34.8 Å². The van der Waals surface area contributed by atoms with Crippen LogP contribution in [0.15, 0.2) is 42.7 Å². The van der Waals surface area contributed by atoms with Gasteiger partial charge >= 0.3 is 6.03 Å². The lowest BCUT2D eigenvalue weighted by Crippen LogP contribution is -2.33. The van der Waals surface area contributed by atoms with Crippen LogP contribution >= 0.6 is 23.5 Å². The summed E-state index contributed by atoms with van der Waals surface area (Å²) < 4.78 is 2.36. The van der Waals surface area contributed by atoms with Crippen molar-refractivity contribution in [2.45, 2.75) is 24.5 Å². The van der Waals surface area contributed by atoms with Crippen LogP contribution in [0.1, 0.15) is 23.5 Å². The Bertz CT molecular complexity index is 671. The zero-order valence-electron chi connectivity index (χ0n) is 14.4. The molecule has 25 heavy (non-hydrogen) atoms. The van der Waals surface area contributed by atoms with Crippen molar-refractivity contribution in [1.82, 2.24) is 15.1 Å². The summed E-state index contributed by atoms with van der Waals surface area (Å²) in [5, 5.41) is 10.1. The molecular weight excluding hydrogens is 352 g/mol. The summed E-state index contributed by atoms with van der Waals surface area (Å²) >= 11 is 3.97. The molecule has 0 spiro atoms. The molecule has 1 atom stereocenters. The fourth-order valence-electron chi connectivity index (χ4n) is 2.68. The summed E-state index contributed by atoms with van der Waals surface area (Å²) in [6.45, 7) is 3.50. The molecule has 1 aliphatic heterocycles. The molecule has 0 radical (unpaired) electrons. The van der Waals surface area contributed by atoms with E-state index < -0.39 is 0 Å². The number of benzene rings is 1. The number of nitrogens with zero attached hydrogens (tertiary/aromatic N) is 2. The maximum Gasteiger partial charge on any atom is 0.319 e. The van der Waals surface area contributed by atoms with Gasteiger partial charge in [0, 0.05) is 31.2 Å². The molecule has 2 heterocycles. The van der Waals surface area contributed by atoms with Crippen molar-refractivity contribution in [2.24, 2.45) is 5.92 Å². The van der Waals surface area contributed by atoms with E-state index in [1.807, 2.05) is 52.6 Å². The monoisotopic (exact) mass is 376 g/mol. The number of carbonyl (C=O) groups is 1. The predicted molar refractivity (Wildman–Crippen MR) is 107 cm³/mol. The number of hydrogen-bond donors (Lipinski definition) is 2. The first-order chi connectivity index (χ1) is 12.2. The zero-order chi connectivity index (χ0) is 17.5. The van der Waals surface area contributed by atoms with Crippen LogP contribution in [0, 0.1) is 5.92 Å². The minimum Gasteiger partial charge on any atom is -0.338 e. The van der Waals surface area contributed by atoms with Gasteiger partial charge in [-0.25, -0.2) is 4.79 Å². The summed E-state index contributed by atoms with van der Waals surface area (Å²) in [6, 6.07) is 9.93. The van der Waals surface area contributed by atoms with Crippen molar-refractivity contribution >= 4 is 35.2 Å². The van der Waals surface area contributed by atoms with Gasteiger partial charge in [-0.3, -0.25) is 4.68 Å². The molecule has 134 valence electrons. The number of rotatable bonds is 6. The van der Waals surface area contributed by atoms with Crippen LogP contribution in [0.25, 0.3) is 0 Å². The lowest BCUT2D eigenvalue weighted by molar-refractivity contribution is 0.249. The van der Waals surface area contributed by atoms with E-state index in [-0.39, 0.29) is 6.03 Å². The van der Waals surface area contributed by atoms with Crippen LogP contribution in [0.5, 0.6) is 0 Å². The molecule has 0 saturated carbocycles. The van der Waals surface area contributed by atoms with Gasteiger partial charge < -0.3 is 10.6 Å². The maximum absolute atomic E-state index is 12.2. The van der Waals surface area contributed by atoms with Crippen LogP contribution < -0.4 is 10.6 Å². The van der Waals surface area contributed by atoms with Crippen molar-refractivity contribution in [3.63, 3.8) is 0 Å². The van der Waals surface area contributed by atoms with Gasteiger partial charge in [0.2, 0.25) is 0 Å². The summed E-state index contributed by atoms with van der Waals surface area (Å²) in [7, 11) is 0. The largest absolute Gasteiger partial charge is 0.338 e. The second-order valence-corrected chi connectivity index (χ2v) is 8.95. The van der Waals surface area contributed by atoms with E-state index in [9.17, 15) is 4.79 Å². The van der Waals surface area contributed by atoms with Gasteiger partial charge in [-0.1, -0.05) is 19.1 Å². The van der Waals surface area contributed by atoms with Gasteiger partial charge in [0.05, 0.1) is 4.58 Å². The highest BCUT2D eigenvalue weighted by Gasteiger charge is 2.17. The second kappa shape index (κ2) is 9.20. The van der Waals surface area contributed by atoms with Crippen LogP contribution in [0.2, 0.25) is 0 Å². The SMILES string of the molecule is CC(CNC(=O)Nc1cccc(C2SCCCS2)c1)Cn1cccn1. The smallest absolute Gasteiger partial charge is 0.319 e. The van der Waals surface area contributed by atoms with Crippen molar-refractivity contribution in [2.75, 3.05) is 23.4 Å². The van der Waals surface area contributed by atoms with E-state index in [1.165, 1.54) is 23.5 Å². The Labute approximate surface area is 157 Å². The first-order valence-electron chi connectivity index (χ1n) is 8.56. The predicted octanol–water partition coefficient (Wildman–Crippen LogP) is 4.21. The summed E-state index contributed by atoms with van der Waals surface area (Å²) in [5.74, 6) is 2.74. The number of aromatic nitrogens is 2. The maximum atomic E-state index is 12.2. The molecule has 1 fully saturated rings. The number of hydrogen-bond acceptors (Lipinski definition) is 4. The Hall–Kier alpha value is -1.60. The third-order valence-corrected chi connectivity index (χ3v) is 6.93. The molecule has 2 N–H and O–H groups in total. The van der Waals surface area contributed by atoms with Crippen molar-refractivity contribution in [1.29, 1.82) is 0 Å². The Morgan fingerprint density at radius 2 is 2.20 bits per heavy atom. The number of carbonyl (C=O) groups excluding carboxylic acids is 1. The van der Waals surface area contributed by atoms with Crippen LogP contribution in [0.3, 0.4) is 0 Å². The molecule has 5 nitrogen and oxygen atoms in total. The van der Waals surface area contributed by atoms with Crippen molar-refractivity contribution in [3.05, 3.63) is 48.3 Å². The normalized spacial score (nSPS) is 16.4. The van der Waals surface area contributed by atoms with E-state index in [1.54, 1.807) is 6.20 Å². The number of thioether (sulfide) groups is 2. The van der Waals surface area contributed by atoms with Gasteiger partial charge in [0.1, 0.15) is 0 Å². The van der Waals surface area contributed by atoms with E-state index in [0.717, 1.165) is 12.2 Å². The minimum atomic E-state index is -0.159. The molecule has 1 aromatic carbocycles.